The molecule has 0 bridgehead atoms. The number of nitrogens with zero attached hydrogens (tertiary/aromatic N) is 3. The molecule has 3 amide bonds. The second-order valence-electron chi connectivity index (χ2n) is 8.32. The summed E-state index contributed by atoms with van der Waals surface area (Å²) < 4.78 is 29.2. The monoisotopic (exact) mass is 584 g/mol. The van der Waals surface area contributed by atoms with Crippen LogP contribution in [-0.2, 0) is 14.1 Å². The highest BCUT2D eigenvalue weighted by atomic mass is 32.2. The number of piperazine rings is 1. The van der Waals surface area contributed by atoms with E-state index in [1.54, 1.807) is 4.90 Å². The van der Waals surface area contributed by atoms with Gasteiger partial charge in [0.2, 0.25) is 5.91 Å². The number of halogens is 1. The Morgan fingerprint density at radius 2 is 1.92 bits per heavy atom. The van der Waals surface area contributed by atoms with Crippen LogP contribution in [0.15, 0.2) is 18.2 Å². The number of amides is 3. The second kappa shape index (κ2) is 11.8. The van der Waals surface area contributed by atoms with Gasteiger partial charge in [0.15, 0.2) is 12.6 Å². The van der Waals surface area contributed by atoms with E-state index >= 15 is 0 Å². The number of ether oxygens (including phenoxy) is 1. The molecule has 0 saturated carbocycles. The van der Waals surface area contributed by atoms with E-state index in [1.165, 1.54) is 17.0 Å². The summed E-state index contributed by atoms with van der Waals surface area (Å²) in [7, 11) is -8.23. The van der Waals surface area contributed by atoms with Crippen LogP contribution in [0, 0.1) is 5.82 Å². The van der Waals surface area contributed by atoms with Crippen LogP contribution in [0.5, 0.6) is 0 Å². The Balaban J connectivity index is 1.57. The summed E-state index contributed by atoms with van der Waals surface area (Å²) in [4.78, 5) is 78.0. The maximum Gasteiger partial charge on any atom is 0.414 e. The molecule has 2 atom stereocenters. The van der Waals surface area contributed by atoms with Crippen LogP contribution in [0.25, 0.3) is 0 Å². The molecule has 3 rings (SSSR count). The Labute approximate surface area is 216 Å². The lowest BCUT2D eigenvalue weighted by Crippen LogP contribution is -2.49. The van der Waals surface area contributed by atoms with Crippen molar-refractivity contribution in [3.63, 3.8) is 0 Å². The van der Waals surface area contributed by atoms with Gasteiger partial charge in [-0.2, -0.15) is 0 Å². The number of carbonyl (C=O) groups is 3. The van der Waals surface area contributed by atoms with Crippen molar-refractivity contribution in [1.82, 2.24) is 10.2 Å². The number of anilines is 2. The maximum atomic E-state index is 14.9. The first kappa shape index (κ1) is 29.5. The summed E-state index contributed by atoms with van der Waals surface area (Å²) in [5, 5.41) is 10.3. The minimum Gasteiger partial charge on any atom is -0.442 e. The van der Waals surface area contributed by atoms with Crippen molar-refractivity contribution in [3.8, 4) is 0 Å². The zero-order valence-corrected chi connectivity index (χ0v) is 22.2. The van der Waals surface area contributed by atoms with E-state index in [-0.39, 0.29) is 36.2 Å². The van der Waals surface area contributed by atoms with E-state index in [9.17, 15) is 42.9 Å². The molecule has 0 radical (unpaired) electrons. The quantitative estimate of drug-likeness (QED) is 0.230. The predicted octanol–water partition coefficient (Wildman–Crippen LogP) is 0.382. The van der Waals surface area contributed by atoms with E-state index in [0.29, 0.717) is 26.2 Å². The van der Waals surface area contributed by atoms with Crippen LogP contribution in [0.3, 0.4) is 0 Å². The lowest BCUT2D eigenvalue weighted by molar-refractivity contribution is -0.134. The van der Waals surface area contributed by atoms with Gasteiger partial charge < -0.3 is 44.5 Å². The maximum absolute atomic E-state index is 14.9. The van der Waals surface area contributed by atoms with E-state index in [4.69, 9.17) is 9.84 Å². The number of benzene rings is 1. The zero-order chi connectivity index (χ0) is 27.5. The van der Waals surface area contributed by atoms with Crippen LogP contribution >= 0.6 is 27.7 Å². The highest BCUT2D eigenvalue weighted by molar-refractivity contribution is 8.23. The van der Waals surface area contributed by atoms with Gasteiger partial charge in [0.1, 0.15) is 18.5 Å². The lowest BCUT2D eigenvalue weighted by Gasteiger charge is -2.36. The van der Waals surface area contributed by atoms with E-state index in [2.05, 4.69) is 5.32 Å². The molecule has 2 saturated heterocycles. The average Bonchev–Trinajstić information content (AvgIpc) is 3.21. The zero-order valence-electron chi connectivity index (χ0n) is 19.6. The molecule has 2 fully saturated rings. The second-order valence-corrected chi connectivity index (χ2v) is 14.1. The first-order valence-electron chi connectivity index (χ1n) is 10.9. The van der Waals surface area contributed by atoms with Crippen LogP contribution in [0.1, 0.15) is 6.92 Å². The first-order valence-corrected chi connectivity index (χ1v) is 14.6. The van der Waals surface area contributed by atoms with Gasteiger partial charge in [-0.1, -0.05) is 0 Å². The number of hydrogen-bond donors (Lipinski definition) is 6. The third-order valence-corrected chi connectivity index (χ3v) is 11.5. The Kier molecular flexibility index (Phi) is 9.41. The summed E-state index contributed by atoms with van der Waals surface area (Å²) in [6.45, 7) is 1.37. The molecule has 1 aromatic rings. The molecule has 0 aliphatic carbocycles. The third kappa shape index (κ3) is 6.70. The molecule has 14 nitrogen and oxygen atoms in total. The topological polar surface area (TPSA) is 200 Å². The Bertz CT molecular complexity index is 1090. The van der Waals surface area contributed by atoms with Gasteiger partial charge in [-0.05, 0) is 36.9 Å². The number of nitrogens with one attached hydrogen (secondary N) is 1. The summed E-state index contributed by atoms with van der Waals surface area (Å²) >= 11 is 0.0366. The fourth-order valence-electron chi connectivity index (χ4n) is 3.68. The fourth-order valence-corrected chi connectivity index (χ4v) is 6.42. The lowest BCUT2D eigenvalue weighted by atomic mass is 10.2. The Morgan fingerprint density at radius 3 is 2.46 bits per heavy atom. The molecule has 2 aliphatic heterocycles. The normalized spacial score (nSPS) is 20.2. The molecule has 37 heavy (non-hydrogen) atoms. The number of cyclic esters (lactones) is 1. The van der Waals surface area contributed by atoms with Crippen LogP contribution < -0.4 is 15.1 Å². The SMILES string of the molecule is CC(SC(=O)NC[C@H]1CN(c2ccc(N3CCN(C(=O)CO)CC3)c(F)c2)C(=O)O1)(P(O)O)P(=O)(O)O. The highest BCUT2D eigenvalue weighted by Gasteiger charge is 2.52. The smallest absolute Gasteiger partial charge is 0.414 e. The van der Waals surface area contributed by atoms with Gasteiger partial charge in [-0.15, -0.1) is 0 Å². The van der Waals surface area contributed by atoms with E-state index in [1.807, 2.05) is 0 Å². The molecule has 18 heteroatoms. The van der Waals surface area contributed by atoms with E-state index < -0.39 is 56.0 Å². The number of rotatable bonds is 8. The van der Waals surface area contributed by atoms with Gasteiger partial charge in [0.05, 0.1) is 24.5 Å². The average molecular weight is 584 g/mol. The van der Waals surface area contributed by atoms with Crippen molar-refractivity contribution in [1.29, 1.82) is 0 Å². The Morgan fingerprint density at radius 1 is 1.27 bits per heavy atom. The number of thioether (sulfide) groups is 1. The molecule has 6 N–H and O–H groups in total. The van der Waals surface area contributed by atoms with Gasteiger partial charge in [-0.25, -0.2) is 9.18 Å². The van der Waals surface area contributed by atoms with Gasteiger partial charge in [0.25, 0.3) is 5.24 Å². The molecule has 2 heterocycles. The van der Waals surface area contributed by atoms with Crippen molar-refractivity contribution in [2.45, 2.75) is 17.3 Å². The fraction of sp³-hybridized carbons (Fsp3) is 0.526. The van der Waals surface area contributed by atoms with Crippen molar-refractivity contribution in [2.24, 2.45) is 0 Å². The molecule has 206 valence electrons. The molecule has 1 aromatic carbocycles. The van der Waals surface area contributed by atoms with Crippen LogP contribution in [0.4, 0.5) is 25.4 Å². The van der Waals surface area contributed by atoms with Crippen molar-refractivity contribution in [2.75, 3.05) is 55.7 Å². The highest BCUT2D eigenvalue weighted by Crippen LogP contribution is 2.70. The van der Waals surface area contributed by atoms with Crippen LogP contribution in [0.2, 0.25) is 0 Å². The van der Waals surface area contributed by atoms with Gasteiger partial charge >= 0.3 is 13.7 Å². The summed E-state index contributed by atoms with van der Waals surface area (Å²) in [6.07, 6.45) is -1.65. The number of aliphatic hydroxyl groups is 1. The first-order chi connectivity index (χ1) is 17.3. The molecular formula is C19H27FN4O10P2S. The Hall–Kier alpha value is -2.03. The molecule has 1 unspecified atom stereocenters. The number of hydrogen-bond acceptors (Lipinski definition) is 10. The number of aliphatic hydroxyl groups excluding tert-OH is 1. The van der Waals surface area contributed by atoms with Crippen LogP contribution in [-0.4, -0.2) is 103 Å². The van der Waals surface area contributed by atoms with Gasteiger partial charge in [-0.3, -0.25) is 19.1 Å². The van der Waals surface area contributed by atoms with Crippen molar-refractivity contribution >= 4 is 56.3 Å². The summed E-state index contributed by atoms with van der Waals surface area (Å²) in [6, 6.07) is 4.19. The minimum absolute atomic E-state index is 0.0366. The predicted molar refractivity (Wildman–Crippen MR) is 133 cm³/mol. The van der Waals surface area contributed by atoms with Crippen molar-refractivity contribution < 1.29 is 52.8 Å². The summed E-state index contributed by atoms with van der Waals surface area (Å²) in [5.74, 6) is -0.989. The van der Waals surface area contributed by atoms with Crippen molar-refractivity contribution in [3.05, 3.63) is 24.0 Å². The molecule has 2 aliphatic rings. The van der Waals surface area contributed by atoms with E-state index in [0.717, 1.165) is 17.9 Å². The molecule has 0 aromatic heterocycles. The minimum atomic E-state index is -5.06. The standard InChI is InChI=1S/C19H27FN4O10P2S/c1-19(35(29)30,36(31,32)33)37-17(27)21-9-13-10-24(18(28)34-13)12-2-3-15(14(20)8-12)22-4-6-23(7-5-22)16(26)11-25/h2-3,8,13,25,29-30H,4-7,9-11H2,1H3,(H,21,27)(H2,31,32,33)/t13-,19?/m0/s1. The third-order valence-electron chi connectivity index (χ3n) is 5.90. The summed E-state index contributed by atoms with van der Waals surface area (Å²) in [5.41, 5.74) is 0.498. The largest absolute Gasteiger partial charge is 0.442 e. The van der Waals surface area contributed by atoms with Gasteiger partial charge in [0, 0.05) is 26.2 Å². The molecular weight excluding hydrogens is 557 g/mol. The number of carbonyl (C=O) groups excluding carboxylic acids is 3. The molecule has 0 spiro atoms.